The molecule has 6 heteroatoms. The molecule has 2 aliphatic rings. The first kappa shape index (κ1) is 9.85. The summed E-state index contributed by atoms with van der Waals surface area (Å²) in [5, 5.41) is 9.72. The van der Waals surface area contributed by atoms with Crippen molar-refractivity contribution in [2.45, 2.75) is 0 Å². The molecule has 1 atom stereocenters. The van der Waals surface area contributed by atoms with Crippen LogP contribution < -0.4 is 13.6 Å². The Hall–Kier alpha value is -2.13. The maximum absolute atomic E-state index is 11.9. The Bertz CT molecular complexity index is 704. The van der Waals surface area contributed by atoms with Gasteiger partial charge in [0, 0.05) is 6.07 Å². The molecule has 0 amide bonds. The summed E-state index contributed by atoms with van der Waals surface area (Å²) >= 11 is 0. The molecule has 0 saturated heterocycles. The van der Waals surface area contributed by atoms with E-state index >= 15 is 0 Å². The van der Waals surface area contributed by atoms with Crippen LogP contribution in [0.25, 0.3) is 11.1 Å². The lowest BCUT2D eigenvalue weighted by Crippen LogP contribution is -2.04. The number of phenols is 1. The van der Waals surface area contributed by atoms with Crippen molar-refractivity contribution in [2.75, 3.05) is 0 Å². The average Bonchev–Trinajstić information content (AvgIpc) is 2.56. The van der Waals surface area contributed by atoms with Gasteiger partial charge in [-0.15, -0.1) is 0 Å². The van der Waals surface area contributed by atoms with Gasteiger partial charge in [0.15, 0.2) is 11.5 Å². The Morgan fingerprint density at radius 3 is 2.50 bits per heavy atom. The minimum absolute atomic E-state index is 0.0819. The van der Waals surface area contributed by atoms with Crippen molar-refractivity contribution in [3.05, 3.63) is 36.4 Å². The molecule has 18 heavy (non-hydrogen) atoms. The summed E-state index contributed by atoms with van der Waals surface area (Å²) in [7, 11) is -3.61. The van der Waals surface area contributed by atoms with Gasteiger partial charge in [0.25, 0.3) is 0 Å². The second kappa shape index (κ2) is 3.00. The lowest BCUT2D eigenvalue weighted by molar-refractivity contribution is 0.326. The Kier molecular flexibility index (Phi) is 1.64. The van der Waals surface area contributed by atoms with Crippen LogP contribution in [-0.4, -0.2) is 5.11 Å². The zero-order chi connectivity index (χ0) is 12.3. The third-order valence-corrected chi connectivity index (χ3v) is 4.09. The van der Waals surface area contributed by atoms with Crippen molar-refractivity contribution in [3.8, 4) is 34.1 Å². The number of hydrogen-bond donors (Lipinski definition) is 1. The molecule has 0 aliphatic carbocycles. The first-order valence-electron chi connectivity index (χ1n) is 5.30. The second-order valence-corrected chi connectivity index (χ2v) is 5.46. The number of rotatable bonds is 1. The smallest absolute Gasteiger partial charge is 0.504 e. The van der Waals surface area contributed by atoms with E-state index in [-0.39, 0.29) is 17.2 Å². The van der Waals surface area contributed by atoms with Gasteiger partial charge in [-0.05, 0) is 5.56 Å². The van der Waals surface area contributed by atoms with E-state index in [1.807, 2.05) is 30.3 Å². The van der Waals surface area contributed by atoms with Crippen LogP contribution in [0.2, 0.25) is 0 Å². The number of hydrogen-bond acceptors (Lipinski definition) is 5. The van der Waals surface area contributed by atoms with Crippen LogP contribution in [0, 0.1) is 0 Å². The summed E-state index contributed by atoms with van der Waals surface area (Å²) in [5.74, 6) is 0.545. The molecule has 2 aromatic carbocycles. The minimum Gasteiger partial charge on any atom is -0.504 e. The van der Waals surface area contributed by atoms with Gasteiger partial charge in [-0.1, -0.05) is 30.3 Å². The van der Waals surface area contributed by atoms with Crippen molar-refractivity contribution in [1.82, 2.24) is 0 Å². The van der Waals surface area contributed by atoms with Crippen molar-refractivity contribution >= 4 is 7.82 Å². The third kappa shape index (κ3) is 1.14. The number of phenolic OH excluding ortho intramolecular Hbond substituents is 1. The standard InChI is InChI=1S/C12H7O5P/c13-8-6-9-10(7-4-2-1-3-5-7)12-11(8)16-18(14,15-9)17-12/h1-6,13H. The number of aromatic hydroxyl groups is 1. The molecule has 1 unspecified atom stereocenters. The first-order valence-corrected chi connectivity index (χ1v) is 6.76. The van der Waals surface area contributed by atoms with Gasteiger partial charge < -0.3 is 18.7 Å². The molecule has 0 spiro atoms. The van der Waals surface area contributed by atoms with Crippen LogP contribution in [0.1, 0.15) is 0 Å². The van der Waals surface area contributed by atoms with Crippen molar-refractivity contribution < 1.29 is 23.2 Å². The molecule has 0 radical (unpaired) electrons. The molecule has 3 bridgehead atoms. The summed E-state index contributed by atoms with van der Waals surface area (Å²) < 4.78 is 27.4. The van der Waals surface area contributed by atoms with E-state index in [4.69, 9.17) is 13.6 Å². The largest absolute Gasteiger partial charge is 0.647 e. The quantitative estimate of drug-likeness (QED) is 0.798. The van der Waals surface area contributed by atoms with Gasteiger partial charge in [-0.3, -0.25) is 0 Å². The third-order valence-electron chi connectivity index (χ3n) is 2.86. The van der Waals surface area contributed by atoms with Gasteiger partial charge in [-0.2, -0.15) is 4.57 Å². The zero-order valence-electron chi connectivity index (χ0n) is 8.99. The maximum Gasteiger partial charge on any atom is 0.647 e. The predicted molar refractivity (Wildman–Crippen MR) is 63.0 cm³/mol. The van der Waals surface area contributed by atoms with E-state index in [9.17, 15) is 9.67 Å². The molecule has 5 nitrogen and oxygen atoms in total. The Balaban J connectivity index is 2.06. The highest BCUT2D eigenvalue weighted by molar-refractivity contribution is 7.50. The van der Waals surface area contributed by atoms with Crippen LogP contribution >= 0.6 is 7.82 Å². The molecular weight excluding hydrogens is 255 g/mol. The van der Waals surface area contributed by atoms with E-state index in [1.165, 1.54) is 6.07 Å². The second-order valence-electron chi connectivity index (χ2n) is 4.01. The van der Waals surface area contributed by atoms with E-state index in [0.717, 1.165) is 5.56 Å². The molecule has 0 saturated carbocycles. The molecule has 2 aliphatic heterocycles. The lowest BCUT2D eigenvalue weighted by Gasteiger charge is -2.18. The minimum atomic E-state index is -3.61. The summed E-state index contributed by atoms with van der Waals surface area (Å²) in [6.45, 7) is 0. The summed E-state index contributed by atoms with van der Waals surface area (Å²) in [5.41, 5.74) is 1.49. The Morgan fingerprint density at radius 2 is 1.72 bits per heavy atom. The van der Waals surface area contributed by atoms with E-state index in [0.29, 0.717) is 11.3 Å². The monoisotopic (exact) mass is 262 g/mol. The Morgan fingerprint density at radius 1 is 1.00 bits per heavy atom. The number of fused-ring (bicyclic) bond motifs is 2. The fourth-order valence-corrected chi connectivity index (χ4v) is 3.42. The van der Waals surface area contributed by atoms with E-state index in [2.05, 4.69) is 0 Å². The number of phosphoric acid groups is 1. The highest BCUT2D eigenvalue weighted by Gasteiger charge is 2.50. The molecule has 90 valence electrons. The SMILES string of the molecule is O=P12Oc3cc(O)c(c(c3-c3ccccc3)O1)O2. The fraction of sp³-hybridized carbons (Fsp3) is 0. The highest BCUT2D eigenvalue weighted by Crippen LogP contribution is 2.70. The van der Waals surface area contributed by atoms with Crippen molar-refractivity contribution in [2.24, 2.45) is 0 Å². The molecule has 0 aromatic heterocycles. The highest BCUT2D eigenvalue weighted by atomic mass is 31.2. The fourth-order valence-electron chi connectivity index (χ4n) is 2.13. The number of benzene rings is 2. The summed E-state index contributed by atoms with van der Waals surface area (Å²) in [6.07, 6.45) is 0. The lowest BCUT2D eigenvalue weighted by atomic mass is 10.0. The topological polar surface area (TPSA) is 65.0 Å². The van der Waals surface area contributed by atoms with E-state index < -0.39 is 7.82 Å². The van der Waals surface area contributed by atoms with Crippen LogP contribution in [-0.2, 0) is 4.57 Å². The van der Waals surface area contributed by atoms with E-state index in [1.54, 1.807) is 0 Å². The van der Waals surface area contributed by atoms with Gasteiger partial charge in [-0.25, -0.2) is 0 Å². The Labute approximate surface area is 102 Å². The maximum atomic E-state index is 11.9. The van der Waals surface area contributed by atoms with Gasteiger partial charge in [0.2, 0.25) is 5.75 Å². The van der Waals surface area contributed by atoms with Gasteiger partial charge >= 0.3 is 7.82 Å². The van der Waals surface area contributed by atoms with Crippen LogP contribution in [0.4, 0.5) is 0 Å². The van der Waals surface area contributed by atoms with Gasteiger partial charge in [0.05, 0.1) is 5.56 Å². The predicted octanol–water partition coefficient (Wildman–Crippen LogP) is 3.33. The van der Waals surface area contributed by atoms with Gasteiger partial charge in [0.1, 0.15) is 5.75 Å². The summed E-state index contributed by atoms with van der Waals surface area (Å²) in [6, 6.07) is 10.8. The average molecular weight is 262 g/mol. The normalized spacial score (nSPS) is 22.2. The molecule has 2 heterocycles. The van der Waals surface area contributed by atoms with Crippen LogP contribution in [0.3, 0.4) is 0 Å². The molecule has 2 aromatic rings. The van der Waals surface area contributed by atoms with Crippen molar-refractivity contribution in [3.63, 3.8) is 0 Å². The van der Waals surface area contributed by atoms with Crippen LogP contribution in [0.15, 0.2) is 36.4 Å². The number of phosphoric ester groups is 1. The summed E-state index contributed by atoms with van der Waals surface area (Å²) in [4.78, 5) is 0. The molecular formula is C12H7O5P. The first-order chi connectivity index (χ1) is 8.66. The van der Waals surface area contributed by atoms with Crippen LogP contribution in [0.5, 0.6) is 23.0 Å². The van der Waals surface area contributed by atoms with Crippen molar-refractivity contribution in [1.29, 1.82) is 0 Å². The zero-order valence-corrected chi connectivity index (χ0v) is 9.89. The molecule has 4 rings (SSSR count). The molecule has 0 fully saturated rings. The molecule has 1 N–H and O–H groups in total.